The van der Waals surface area contributed by atoms with Gasteiger partial charge in [-0.2, -0.15) is 5.10 Å². The number of unbranched alkanes of at least 4 members (excludes halogenated alkanes) is 1. The smallest absolute Gasteiger partial charge is 0.295 e. The highest BCUT2D eigenvalue weighted by atomic mass is 16.2. The third kappa shape index (κ3) is 3.64. The highest BCUT2D eigenvalue weighted by molar-refractivity contribution is 6.11. The Bertz CT molecular complexity index is 1410. The van der Waals surface area contributed by atoms with E-state index < -0.39 is 5.91 Å². The molecule has 2 heterocycles. The number of amides is 1. The van der Waals surface area contributed by atoms with Crippen molar-refractivity contribution in [3.63, 3.8) is 0 Å². The highest BCUT2D eigenvalue weighted by Crippen LogP contribution is 2.18. The summed E-state index contributed by atoms with van der Waals surface area (Å²) < 4.78 is 4.53. The number of nitrogens with zero attached hydrogens (tertiary/aromatic N) is 4. The van der Waals surface area contributed by atoms with Gasteiger partial charge in [-0.1, -0.05) is 49.7 Å². The third-order valence-electron chi connectivity index (χ3n) is 5.60. The van der Waals surface area contributed by atoms with Crippen LogP contribution >= 0.6 is 0 Å². The Morgan fingerprint density at radius 1 is 0.969 bits per heavy atom. The molecule has 32 heavy (non-hydrogen) atoms. The molecule has 1 N–H and O–H groups in total. The molecule has 0 radical (unpaired) electrons. The Labute approximate surface area is 184 Å². The average Bonchev–Trinajstić information content (AvgIpc) is 3.02. The van der Waals surface area contributed by atoms with Crippen LogP contribution < -0.4 is 16.4 Å². The molecule has 0 aliphatic carbocycles. The molecule has 0 atom stereocenters. The summed E-state index contributed by atoms with van der Waals surface area (Å²) in [5.74, 6) is -0.530. The molecule has 0 aliphatic heterocycles. The Morgan fingerprint density at radius 2 is 1.62 bits per heavy atom. The summed E-state index contributed by atoms with van der Waals surface area (Å²) in [7, 11) is 1.76. The van der Waals surface area contributed by atoms with Crippen LogP contribution in [0.15, 0.2) is 64.2 Å². The molecule has 164 valence electrons. The summed E-state index contributed by atoms with van der Waals surface area (Å²) in [6.45, 7) is 4.21. The second kappa shape index (κ2) is 8.66. The van der Waals surface area contributed by atoms with E-state index in [0.29, 0.717) is 28.7 Å². The van der Waals surface area contributed by atoms with Gasteiger partial charge in [-0.25, -0.2) is 9.36 Å². The number of hydrogen-bond donors (Lipinski definition) is 1. The van der Waals surface area contributed by atoms with Crippen molar-refractivity contribution in [2.75, 3.05) is 5.32 Å². The summed E-state index contributed by atoms with van der Waals surface area (Å²) in [6.07, 6.45) is 1.66. The minimum Gasteiger partial charge on any atom is -0.314 e. The molecule has 4 aromatic rings. The van der Waals surface area contributed by atoms with E-state index in [4.69, 9.17) is 0 Å². The maximum absolute atomic E-state index is 13.3. The fourth-order valence-electron chi connectivity index (χ4n) is 3.75. The second-order valence-corrected chi connectivity index (χ2v) is 7.67. The topological polar surface area (TPSA) is 90.9 Å². The van der Waals surface area contributed by atoms with Gasteiger partial charge < -0.3 is 5.32 Å². The van der Waals surface area contributed by atoms with E-state index in [0.717, 1.165) is 12.8 Å². The van der Waals surface area contributed by atoms with Crippen LogP contribution in [0.4, 0.5) is 5.69 Å². The van der Waals surface area contributed by atoms with Crippen LogP contribution in [0.2, 0.25) is 0 Å². The first-order valence-electron chi connectivity index (χ1n) is 10.6. The van der Waals surface area contributed by atoms with Crippen molar-refractivity contribution in [1.82, 2.24) is 19.1 Å². The summed E-state index contributed by atoms with van der Waals surface area (Å²) in [4.78, 5) is 39.2. The normalized spacial score (nSPS) is 11.1. The number of anilines is 1. The first-order chi connectivity index (χ1) is 15.4. The quantitative estimate of drug-likeness (QED) is 0.507. The molecule has 0 spiro atoms. The predicted octanol–water partition coefficient (Wildman–Crippen LogP) is 3.25. The zero-order valence-corrected chi connectivity index (χ0v) is 18.3. The average molecular weight is 431 g/mol. The first kappa shape index (κ1) is 21.3. The lowest BCUT2D eigenvalue weighted by atomic mass is 10.1. The standard InChI is InChI=1S/C24H25N5O3/c1-4-5-15-28-23(31)19-14-10-9-13-18(19)21(26-28)22(30)25-20-16(2)27(3)29(24(20)32)17-11-7-6-8-12-17/h6-14H,4-5,15H2,1-3H3,(H,25,30). The largest absolute Gasteiger partial charge is 0.314 e. The van der Waals surface area contributed by atoms with Crippen molar-refractivity contribution in [2.24, 2.45) is 7.05 Å². The number of nitrogens with one attached hydrogen (secondary N) is 1. The highest BCUT2D eigenvalue weighted by Gasteiger charge is 2.22. The van der Waals surface area contributed by atoms with E-state index in [-0.39, 0.29) is 22.5 Å². The molecule has 4 rings (SSSR count). The van der Waals surface area contributed by atoms with Crippen molar-refractivity contribution in [3.05, 3.63) is 86.7 Å². The molecule has 0 aliphatic rings. The lowest BCUT2D eigenvalue weighted by molar-refractivity contribution is 0.102. The predicted molar refractivity (Wildman–Crippen MR) is 125 cm³/mol. The number of hydrogen-bond acceptors (Lipinski definition) is 4. The van der Waals surface area contributed by atoms with Crippen molar-refractivity contribution in [3.8, 4) is 5.69 Å². The summed E-state index contributed by atoms with van der Waals surface area (Å²) in [5, 5.41) is 7.99. The van der Waals surface area contributed by atoms with E-state index in [1.165, 1.54) is 9.36 Å². The molecule has 0 saturated carbocycles. The molecular formula is C24H25N5O3. The molecule has 2 aromatic heterocycles. The third-order valence-corrected chi connectivity index (χ3v) is 5.60. The van der Waals surface area contributed by atoms with Gasteiger partial charge in [-0.15, -0.1) is 0 Å². The number of fused-ring (bicyclic) bond motifs is 1. The summed E-state index contributed by atoms with van der Waals surface area (Å²) in [5.41, 5.74) is 1.03. The number of para-hydroxylation sites is 1. The lowest BCUT2D eigenvalue weighted by Crippen LogP contribution is -2.29. The molecule has 2 aromatic carbocycles. The number of carbonyl (C=O) groups excluding carboxylic acids is 1. The summed E-state index contributed by atoms with van der Waals surface area (Å²) in [6, 6.07) is 16.1. The fraction of sp³-hybridized carbons (Fsp3) is 0.250. The number of carbonyl (C=O) groups is 1. The van der Waals surface area contributed by atoms with Crippen LogP contribution in [0.5, 0.6) is 0 Å². The van der Waals surface area contributed by atoms with Gasteiger partial charge >= 0.3 is 0 Å². The number of rotatable bonds is 6. The monoisotopic (exact) mass is 431 g/mol. The Balaban J connectivity index is 1.80. The molecule has 8 nitrogen and oxygen atoms in total. The van der Waals surface area contributed by atoms with Gasteiger partial charge in [0.25, 0.3) is 17.0 Å². The number of aryl methyl sites for hydroxylation is 1. The number of aromatic nitrogens is 4. The van der Waals surface area contributed by atoms with Gasteiger partial charge in [0.15, 0.2) is 5.69 Å². The van der Waals surface area contributed by atoms with Crippen molar-refractivity contribution >= 4 is 22.4 Å². The van der Waals surface area contributed by atoms with Crippen molar-refractivity contribution in [1.29, 1.82) is 0 Å². The van der Waals surface area contributed by atoms with Gasteiger partial charge in [-0.3, -0.25) is 19.1 Å². The molecule has 0 bridgehead atoms. The minimum absolute atomic E-state index is 0.116. The second-order valence-electron chi connectivity index (χ2n) is 7.67. The van der Waals surface area contributed by atoms with Crippen LogP contribution in [0, 0.1) is 6.92 Å². The summed E-state index contributed by atoms with van der Waals surface area (Å²) >= 11 is 0. The van der Waals surface area contributed by atoms with Crippen LogP contribution in [-0.2, 0) is 13.6 Å². The minimum atomic E-state index is -0.530. The zero-order chi connectivity index (χ0) is 22.8. The molecule has 1 amide bonds. The van der Waals surface area contributed by atoms with Gasteiger partial charge in [0.1, 0.15) is 5.69 Å². The zero-order valence-electron chi connectivity index (χ0n) is 18.3. The fourth-order valence-corrected chi connectivity index (χ4v) is 3.75. The first-order valence-corrected chi connectivity index (χ1v) is 10.6. The van der Waals surface area contributed by atoms with E-state index in [1.54, 1.807) is 42.9 Å². The Hall–Kier alpha value is -3.94. The van der Waals surface area contributed by atoms with E-state index in [2.05, 4.69) is 10.4 Å². The lowest BCUT2D eigenvalue weighted by Gasteiger charge is -2.10. The maximum Gasteiger partial charge on any atom is 0.295 e. The van der Waals surface area contributed by atoms with Crippen LogP contribution in [-0.4, -0.2) is 25.1 Å². The molecule has 8 heteroatoms. The van der Waals surface area contributed by atoms with Crippen LogP contribution in [0.25, 0.3) is 16.5 Å². The Kier molecular flexibility index (Phi) is 5.77. The van der Waals surface area contributed by atoms with Crippen LogP contribution in [0.1, 0.15) is 35.9 Å². The molecule has 0 fully saturated rings. The maximum atomic E-state index is 13.3. The van der Waals surface area contributed by atoms with E-state index in [9.17, 15) is 14.4 Å². The van der Waals surface area contributed by atoms with E-state index >= 15 is 0 Å². The van der Waals surface area contributed by atoms with Gasteiger partial charge in [-0.05, 0) is 31.5 Å². The molecule has 0 saturated heterocycles. The number of benzene rings is 2. The van der Waals surface area contributed by atoms with Gasteiger partial charge in [0, 0.05) is 19.0 Å². The Morgan fingerprint density at radius 3 is 2.31 bits per heavy atom. The SMILES string of the molecule is CCCCn1nc(C(=O)Nc2c(C)n(C)n(-c3ccccc3)c2=O)c2ccccc2c1=O. The van der Waals surface area contributed by atoms with Crippen molar-refractivity contribution in [2.45, 2.75) is 33.2 Å². The van der Waals surface area contributed by atoms with Gasteiger partial charge in [0.2, 0.25) is 0 Å². The van der Waals surface area contributed by atoms with Crippen LogP contribution in [0.3, 0.4) is 0 Å². The van der Waals surface area contributed by atoms with Gasteiger partial charge in [0.05, 0.1) is 16.8 Å². The molecular weight excluding hydrogens is 406 g/mol. The van der Waals surface area contributed by atoms with Crippen molar-refractivity contribution < 1.29 is 4.79 Å². The molecule has 0 unspecified atom stereocenters. The van der Waals surface area contributed by atoms with E-state index in [1.807, 2.05) is 37.3 Å².